The molecular formula is C13H27NO4. The number of ether oxygens (including phenoxy) is 3. The van der Waals surface area contributed by atoms with Gasteiger partial charge in [0.05, 0.1) is 18.8 Å². The molecule has 0 fully saturated rings. The highest BCUT2D eigenvalue weighted by atomic mass is 16.5. The van der Waals surface area contributed by atoms with Crippen LogP contribution in [-0.2, 0) is 19.0 Å². The topological polar surface area (TPSA) is 56.8 Å². The van der Waals surface area contributed by atoms with Crippen molar-refractivity contribution in [3.05, 3.63) is 0 Å². The van der Waals surface area contributed by atoms with Crippen molar-refractivity contribution >= 4 is 5.97 Å². The van der Waals surface area contributed by atoms with Gasteiger partial charge in [0.2, 0.25) is 0 Å². The molecule has 1 N–H and O–H groups in total. The quantitative estimate of drug-likeness (QED) is 0.501. The first-order chi connectivity index (χ1) is 8.31. The van der Waals surface area contributed by atoms with E-state index in [-0.39, 0.29) is 5.97 Å². The van der Waals surface area contributed by atoms with E-state index in [0.717, 1.165) is 0 Å². The fourth-order valence-electron chi connectivity index (χ4n) is 1.85. The second-order valence-corrected chi connectivity index (χ2v) is 5.11. The van der Waals surface area contributed by atoms with Crippen LogP contribution >= 0.6 is 0 Å². The molecule has 5 nitrogen and oxygen atoms in total. The fraction of sp³-hybridized carbons (Fsp3) is 0.923. The Bertz CT molecular complexity index is 255. The molecule has 1 unspecified atom stereocenters. The molecule has 5 heteroatoms. The van der Waals surface area contributed by atoms with Gasteiger partial charge >= 0.3 is 5.97 Å². The molecule has 108 valence electrons. The van der Waals surface area contributed by atoms with Crippen LogP contribution in [0.2, 0.25) is 0 Å². The number of carbonyl (C=O) groups is 1. The molecule has 0 aromatic heterocycles. The maximum Gasteiger partial charge on any atom is 0.326 e. The minimum Gasteiger partial charge on any atom is -0.465 e. The Labute approximate surface area is 110 Å². The first-order valence-electron chi connectivity index (χ1n) is 6.27. The summed E-state index contributed by atoms with van der Waals surface area (Å²) in [6, 6.07) is 0. The van der Waals surface area contributed by atoms with Gasteiger partial charge in [-0.15, -0.1) is 0 Å². The van der Waals surface area contributed by atoms with Crippen LogP contribution in [-0.4, -0.2) is 51.1 Å². The molecule has 0 aliphatic heterocycles. The van der Waals surface area contributed by atoms with Gasteiger partial charge in [0, 0.05) is 27.2 Å². The zero-order chi connectivity index (χ0) is 14.2. The molecule has 0 spiro atoms. The van der Waals surface area contributed by atoms with Crippen LogP contribution in [0.15, 0.2) is 0 Å². The van der Waals surface area contributed by atoms with Gasteiger partial charge in [0.1, 0.15) is 5.54 Å². The largest absolute Gasteiger partial charge is 0.465 e. The van der Waals surface area contributed by atoms with Crippen LogP contribution in [0, 0.1) is 0 Å². The molecule has 0 bridgehead atoms. The Balaban J connectivity index is 4.73. The second-order valence-electron chi connectivity index (χ2n) is 5.11. The number of hydrogen-bond acceptors (Lipinski definition) is 5. The standard InChI is InChI=1S/C13H27NO4/c1-7-18-11(15)13(4,14-8-9-16-5)10-12(2,3)17-6/h14H,7-10H2,1-6H3. The van der Waals surface area contributed by atoms with E-state index in [1.165, 1.54) is 0 Å². The van der Waals surface area contributed by atoms with Gasteiger partial charge in [-0.05, 0) is 27.7 Å². The predicted molar refractivity (Wildman–Crippen MR) is 70.6 cm³/mol. The lowest BCUT2D eigenvalue weighted by Crippen LogP contribution is -2.55. The maximum atomic E-state index is 12.1. The molecule has 1 atom stereocenters. The van der Waals surface area contributed by atoms with E-state index < -0.39 is 11.1 Å². The molecule has 0 aromatic rings. The molecular weight excluding hydrogens is 234 g/mol. The average Bonchev–Trinajstić information content (AvgIpc) is 2.29. The van der Waals surface area contributed by atoms with Crippen LogP contribution in [0.3, 0.4) is 0 Å². The van der Waals surface area contributed by atoms with E-state index in [9.17, 15) is 4.79 Å². The molecule has 0 heterocycles. The highest BCUT2D eigenvalue weighted by Crippen LogP contribution is 2.24. The van der Waals surface area contributed by atoms with E-state index in [1.54, 1.807) is 21.1 Å². The van der Waals surface area contributed by atoms with Gasteiger partial charge in [-0.3, -0.25) is 10.1 Å². The van der Waals surface area contributed by atoms with Gasteiger partial charge in [-0.2, -0.15) is 0 Å². The van der Waals surface area contributed by atoms with Crippen molar-refractivity contribution < 1.29 is 19.0 Å². The van der Waals surface area contributed by atoms with E-state index in [4.69, 9.17) is 14.2 Å². The summed E-state index contributed by atoms with van der Waals surface area (Å²) in [5, 5.41) is 3.19. The van der Waals surface area contributed by atoms with Gasteiger partial charge < -0.3 is 14.2 Å². The Morgan fingerprint density at radius 1 is 1.22 bits per heavy atom. The zero-order valence-corrected chi connectivity index (χ0v) is 12.5. The number of rotatable bonds is 9. The molecule has 0 saturated carbocycles. The van der Waals surface area contributed by atoms with Crippen molar-refractivity contribution in [3.8, 4) is 0 Å². The highest BCUT2D eigenvalue weighted by Gasteiger charge is 2.39. The lowest BCUT2D eigenvalue weighted by Gasteiger charge is -2.35. The second kappa shape index (κ2) is 7.71. The van der Waals surface area contributed by atoms with Crippen LogP contribution in [0.5, 0.6) is 0 Å². The van der Waals surface area contributed by atoms with Gasteiger partial charge in [-0.25, -0.2) is 0 Å². The highest BCUT2D eigenvalue weighted by molar-refractivity contribution is 5.80. The molecule has 0 aliphatic rings. The third-order valence-corrected chi connectivity index (χ3v) is 2.88. The molecule has 18 heavy (non-hydrogen) atoms. The van der Waals surface area contributed by atoms with Crippen LogP contribution in [0.25, 0.3) is 0 Å². The summed E-state index contributed by atoms with van der Waals surface area (Å²) in [5.74, 6) is -0.258. The van der Waals surface area contributed by atoms with Crippen LogP contribution in [0.4, 0.5) is 0 Å². The van der Waals surface area contributed by atoms with Crippen molar-refractivity contribution in [1.82, 2.24) is 5.32 Å². The number of methoxy groups -OCH3 is 2. The lowest BCUT2D eigenvalue weighted by molar-refractivity contribution is -0.153. The first-order valence-corrected chi connectivity index (χ1v) is 6.27. The number of hydrogen-bond donors (Lipinski definition) is 1. The van der Waals surface area contributed by atoms with E-state index in [2.05, 4.69) is 5.32 Å². The van der Waals surface area contributed by atoms with Crippen molar-refractivity contribution in [3.63, 3.8) is 0 Å². The Morgan fingerprint density at radius 2 is 1.83 bits per heavy atom. The molecule has 0 aliphatic carbocycles. The smallest absolute Gasteiger partial charge is 0.326 e. The van der Waals surface area contributed by atoms with Gasteiger partial charge in [0.25, 0.3) is 0 Å². The number of carbonyl (C=O) groups excluding carboxylic acids is 1. The average molecular weight is 261 g/mol. The van der Waals surface area contributed by atoms with E-state index >= 15 is 0 Å². The Hall–Kier alpha value is -0.650. The van der Waals surface area contributed by atoms with Crippen LogP contribution in [0.1, 0.15) is 34.1 Å². The van der Waals surface area contributed by atoms with E-state index in [0.29, 0.717) is 26.2 Å². The summed E-state index contributed by atoms with van der Waals surface area (Å²) in [6.07, 6.45) is 0.527. The van der Waals surface area contributed by atoms with Crippen molar-refractivity contribution in [2.45, 2.75) is 45.3 Å². The van der Waals surface area contributed by atoms with Crippen LogP contribution < -0.4 is 5.32 Å². The zero-order valence-electron chi connectivity index (χ0n) is 12.5. The SMILES string of the molecule is CCOC(=O)C(C)(CC(C)(C)OC)NCCOC. The Morgan fingerprint density at radius 3 is 2.28 bits per heavy atom. The summed E-state index contributed by atoms with van der Waals surface area (Å²) in [5.41, 5.74) is -1.17. The monoisotopic (exact) mass is 261 g/mol. The van der Waals surface area contributed by atoms with Gasteiger partial charge in [-0.1, -0.05) is 0 Å². The van der Waals surface area contributed by atoms with Crippen molar-refractivity contribution in [1.29, 1.82) is 0 Å². The lowest BCUT2D eigenvalue weighted by atomic mass is 9.87. The van der Waals surface area contributed by atoms with Gasteiger partial charge in [0.15, 0.2) is 0 Å². The molecule has 0 rings (SSSR count). The van der Waals surface area contributed by atoms with E-state index in [1.807, 2.05) is 20.8 Å². The third kappa shape index (κ3) is 5.80. The molecule has 0 aromatic carbocycles. The summed E-state index contributed by atoms with van der Waals surface area (Å²) in [6.45, 7) is 9.03. The first kappa shape index (κ1) is 17.4. The third-order valence-electron chi connectivity index (χ3n) is 2.88. The minimum absolute atomic E-state index is 0.258. The fourth-order valence-corrected chi connectivity index (χ4v) is 1.85. The minimum atomic E-state index is -0.770. The summed E-state index contributed by atoms with van der Waals surface area (Å²) in [7, 11) is 3.27. The number of esters is 1. The Kier molecular flexibility index (Phi) is 7.43. The summed E-state index contributed by atoms with van der Waals surface area (Å²) >= 11 is 0. The number of nitrogens with one attached hydrogen (secondary N) is 1. The molecule has 0 radical (unpaired) electrons. The van der Waals surface area contributed by atoms with Crippen molar-refractivity contribution in [2.75, 3.05) is 34.0 Å². The summed E-state index contributed by atoms with van der Waals surface area (Å²) < 4.78 is 15.5. The summed E-state index contributed by atoms with van der Waals surface area (Å²) in [4.78, 5) is 12.1. The van der Waals surface area contributed by atoms with Crippen molar-refractivity contribution in [2.24, 2.45) is 0 Å². The maximum absolute atomic E-state index is 12.1. The normalized spacial score (nSPS) is 15.2. The molecule has 0 saturated heterocycles. The molecule has 0 amide bonds. The predicted octanol–water partition coefficient (Wildman–Crippen LogP) is 1.36.